The average molecular weight is 407 g/mol. The Morgan fingerprint density at radius 2 is 1.79 bits per heavy atom. The number of rotatable bonds is 6. The average Bonchev–Trinajstić information content (AvgIpc) is 2.72. The second-order valence-electron chi connectivity index (χ2n) is 6.23. The van der Waals surface area contributed by atoms with E-state index < -0.39 is 5.97 Å². The third-order valence-electron chi connectivity index (χ3n) is 4.16. The summed E-state index contributed by atoms with van der Waals surface area (Å²) >= 11 is 5.86. The van der Waals surface area contributed by atoms with Crippen molar-refractivity contribution in [2.24, 2.45) is 0 Å². The molecule has 0 fully saturated rings. The molecule has 0 heterocycles. The Morgan fingerprint density at radius 3 is 2.52 bits per heavy atom. The van der Waals surface area contributed by atoms with E-state index in [1.165, 1.54) is 0 Å². The van der Waals surface area contributed by atoms with Gasteiger partial charge in [-0.15, -0.1) is 0 Å². The van der Waals surface area contributed by atoms with Crippen LogP contribution in [0.25, 0.3) is 11.1 Å². The number of carbonyl (C=O) groups is 1. The smallest absolute Gasteiger partial charge is 0.307 e. The van der Waals surface area contributed by atoms with E-state index in [0.717, 1.165) is 22.3 Å². The molecule has 146 valence electrons. The number of hydrogen-bond donors (Lipinski definition) is 1. The van der Waals surface area contributed by atoms with Crippen LogP contribution in [0.3, 0.4) is 0 Å². The maximum absolute atomic E-state index is 11.0. The van der Waals surface area contributed by atoms with Crippen LogP contribution in [0.1, 0.15) is 11.1 Å². The normalized spacial score (nSPS) is 10.0. The van der Waals surface area contributed by atoms with Crippen LogP contribution in [0.2, 0.25) is 5.02 Å². The van der Waals surface area contributed by atoms with Crippen LogP contribution in [-0.4, -0.2) is 24.8 Å². The van der Waals surface area contributed by atoms with Gasteiger partial charge in [0.2, 0.25) is 0 Å². The third-order valence-corrected chi connectivity index (χ3v) is 4.41. The SMILES string of the molecule is COc1ccc(-c2cccc(CC(=O)O)c2)cc1C#CCOc1ccc(Cl)cc1. The molecule has 0 aliphatic heterocycles. The van der Waals surface area contributed by atoms with E-state index in [9.17, 15) is 4.79 Å². The summed E-state index contributed by atoms with van der Waals surface area (Å²) in [4.78, 5) is 11.0. The number of methoxy groups -OCH3 is 1. The molecule has 4 nitrogen and oxygen atoms in total. The van der Waals surface area contributed by atoms with Gasteiger partial charge in [0.25, 0.3) is 0 Å². The maximum Gasteiger partial charge on any atom is 0.307 e. The predicted molar refractivity (Wildman–Crippen MR) is 114 cm³/mol. The van der Waals surface area contributed by atoms with Crippen molar-refractivity contribution in [3.63, 3.8) is 0 Å². The quantitative estimate of drug-likeness (QED) is 0.580. The van der Waals surface area contributed by atoms with Crippen molar-refractivity contribution in [3.8, 4) is 34.5 Å². The number of carboxylic acid groups (broad SMARTS) is 1. The van der Waals surface area contributed by atoms with Crippen molar-refractivity contribution in [1.29, 1.82) is 0 Å². The second kappa shape index (κ2) is 9.68. The Labute approximate surface area is 174 Å². The topological polar surface area (TPSA) is 55.8 Å². The minimum atomic E-state index is -0.857. The lowest BCUT2D eigenvalue weighted by molar-refractivity contribution is -0.136. The molecule has 0 unspecified atom stereocenters. The molecular formula is C24H19ClO4. The summed E-state index contributed by atoms with van der Waals surface area (Å²) < 4.78 is 11.0. The van der Waals surface area contributed by atoms with Gasteiger partial charge in [-0.3, -0.25) is 4.79 Å². The van der Waals surface area contributed by atoms with E-state index in [2.05, 4.69) is 11.8 Å². The molecule has 0 aliphatic rings. The van der Waals surface area contributed by atoms with Crippen molar-refractivity contribution in [2.75, 3.05) is 13.7 Å². The Balaban J connectivity index is 1.79. The van der Waals surface area contributed by atoms with E-state index >= 15 is 0 Å². The molecule has 0 radical (unpaired) electrons. The molecule has 0 spiro atoms. The molecule has 1 N–H and O–H groups in total. The summed E-state index contributed by atoms with van der Waals surface area (Å²) in [5.41, 5.74) is 3.33. The Morgan fingerprint density at radius 1 is 1.03 bits per heavy atom. The van der Waals surface area contributed by atoms with Crippen LogP contribution in [0.4, 0.5) is 0 Å². The van der Waals surface area contributed by atoms with E-state index in [4.69, 9.17) is 26.2 Å². The summed E-state index contributed by atoms with van der Waals surface area (Å²) in [7, 11) is 1.60. The highest BCUT2D eigenvalue weighted by Gasteiger charge is 2.06. The minimum absolute atomic E-state index is 0.0152. The summed E-state index contributed by atoms with van der Waals surface area (Å²) in [5, 5.41) is 9.65. The molecule has 3 aromatic rings. The first-order chi connectivity index (χ1) is 14.0. The fraction of sp³-hybridized carbons (Fsp3) is 0.125. The summed E-state index contributed by atoms with van der Waals surface area (Å²) in [6.45, 7) is 0.225. The number of aliphatic carboxylic acids is 1. The molecular weight excluding hydrogens is 388 g/mol. The number of ether oxygens (including phenoxy) is 2. The van der Waals surface area contributed by atoms with Crippen LogP contribution in [-0.2, 0) is 11.2 Å². The number of benzene rings is 3. The van der Waals surface area contributed by atoms with Crippen molar-refractivity contribution in [1.82, 2.24) is 0 Å². The molecule has 5 heteroatoms. The lowest BCUT2D eigenvalue weighted by Crippen LogP contribution is -1.99. The van der Waals surface area contributed by atoms with Crippen LogP contribution >= 0.6 is 11.6 Å². The van der Waals surface area contributed by atoms with Crippen molar-refractivity contribution in [3.05, 3.63) is 82.9 Å². The van der Waals surface area contributed by atoms with Crippen LogP contribution in [0.5, 0.6) is 11.5 Å². The molecule has 0 amide bonds. The zero-order chi connectivity index (χ0) is 20.6. The van der Waals surface area contributed by atoms with Gasteiger partial charge in [-0.1, -0.05) is 53.8 Å². The first-order valence-electron chi connectivity index (χ1n) is 8.91. The maximum atomic E-state index is 11.0. The van der Waals surface area contributed by atoms with Gasteiger partial charge < -0.3 is 14.6 Å². The van der Waals surface area contributed by atoms with Gasteiger partial charge in [-0.25, -0.2) is 0 Å². The molecule has 0 aliphatic carbocycles. The predicted octanol–water partition coefficient (Wildman–Crippen LogP) is 5.07. The molecule has 0 aromatic heterocycles. The number of carboxylic acids is 1. The van der Waals surface area contributed by atoms with Gasteiger partial charge in [0.05, 0.1) is 19.1 Å². The highest BCUT2D eigenvalue weighted by Crippen LogP contribution is 2.27. The van der Waals surface area contributed by atoms with Gasteiger partial charge in [-0.2, -0.15) is 0 Å². The first-order valence-corrected chi connectivity index (χ1v) is 9.29. The fourth-order valence-electron chi connectivity index (χ4n) is 2.80. The molecule has 0 saturated carbocycles. The molecule has 3 aromatic carbocycles. The molecule has 3 rings (SSSR count). The lowest BCUT2D eigenvalue weighted by Gasteiger charge is -2.08. The summed E-state index contributed by atoms with van der Waals surface area (Å²) in [6, 6.07) is 20.3. The fourth-order valence-corrected chi connectivity index (χ4v) is 2.93. The van der Waals surface area contributed by atoms with E-state index in [0.29, 0.717) is 16.5 Å². The molecule has 29 heavy (non-hydrogen) atoms. The number of hydrogen-bond acceptors (Lipinski definition) is 3. The van der Waals surface area contributed by atoms with Crippen LogP contribution < -0.4 is 9.47 Å². The monoisotopic (exact) mass is 406 g/mol. The minimum Gasteiger partial charge on any atom is -0.495 e. The molecule has 0 atom stereocenters. The van der Waals surface area contributed by atoms with Crippen LogP contribution in [0, 0.1) is 11.8 Å². The lowest BCUT2D eigenvalue weighted by atomic mass is 9.99. The highest BCUT2D eigenvalue weighted by molar-refractivity contribution is 6.30. The third kappa shape index (κ3) is 5.78. The summed E-state index contributed by atoms with van der Waals surface area (Å²) in [5.74, 6) is 6.57. The van der Waals surface area contributed by atoms with E-state index in [1.807, 2.05) is 36.4 Å². The van der Waals surface area contributed by atoms with Gasteiger partial charge >= 0.3 is 5.97 Å². The Bertz CT molecular complexity index is 1060. The highest BCUT2D eigenvalue weighted by atomic mass is 35.5. The molecule has 0 saturated heterocycles. The van der Waals surface area contributed by atoms with E-state index in [1.54, 1.807) is 37.4 Å². The van der Waals surface area contributed by atoms with Crippen molar-refractivity contribution in [2.45, 2.75) is 6.42 Å². The largest absolute Gasteiger partial charge is 0.495 e. The van der Waals surface area contributed by atoms with Crippen molar-refractivity contribution >= 4 is 17.6 Å². The van der Waals surface area contributed by atoms with Crippen molar-refractivity contribution < 1.29 is 19.4 Å². The zero-order valence-electron chi connectivity index (χ0n) is 15.8. The van der Waals surface area contributed by atoms with Crippen LogP contribution in [0.15, 0.2) is 66.7 Å². The van der Waals surface area contributed by atoms with E-state index in [-0.39, 0.29) is 13.0 Å². The molecule has 0 bridgehead atoms. The van der Waals surface area contributed by atoms with Gasteiger partial charge in [0.1, 0.15) is 18.1 Å². The number of halogens is 1. The Kier molecular flexibility index (Phi) is 6.78. The van der Waals surface area contributed by atoms with Gasteiger partial charge in [-0.05, 0) is 53.1 Å². The van der Waals surface area contributed by atoms with Gasteiger partial charge in [0.15, 0.2) is 0 Å². The summed E-state index contributed by atoms with van der Waals surface area (Å²) in [6.07, 6.45) is -0.0152. The standard InChI is InChI=1S/C24H19ClO4/c1-28-23-12-7-19(18-5-2-4-17(14-18)15-24(26)27)16-20(23)6-3-13-29-22-10-8-21(25)9-11-22/h2,4-5,7-12,14,16H,13,15H2,1H3,(H,26,27). The second-order valence-corrected chi connectivity index (χ2v) is 6.67. The van der Waals surface area contributed by atoms with Gasteiger partial charge in [0, 0.05) is 5.02 Å². The first kappa shape index (κ1) is 20.3. The Hall–Kier alpha value is -3.42. The zero-order valence-corrected chi connectivity index (χ0v) is 16.6.